The van der Waals surface area contributed by atoms with Gasteiger partial charge in [-0.15, -0.1) is 0 Å². The van der Waals surface area contributed by atoms with Crippen LogP contribution in [0.4, 0.5) is 13.6 Å². The van der Waals surface area contributed by atoms with Crippen LogP contribution in [0.3, 0.4) is 0 Å². The van der Waals surface area contributed by atoms with E-state index >= 15 is 0 Å². The molecule has 2 amide bonds. The monoisotopic (exact) mass is 396 g/mol. The van der Waals surface area contributed by atoms with Gasteiger partial charge in [0.25, 0.3) is 0 Å². The number of hydrogen-bond acceptors (Lipinski definition) is 1. The van der Waals surface area contributed by atoms with Crippen molar-refractivity contribution in [3.8, 4) is 0 Å². The van der Waals surface area contributed by atoms with Crippen LogP contribution in [-0.4, -0.2) is 18.0 Å². The van der Waals surface area contributed by atoms with Gasteiger partial charge in [-0.2, -0.15) is 0 Å². The number of carbonyl (C=O) groups excluding carboxylic acids is 1. The molecule has 0 aliphatic heterocycles. The summed E-state index contributed by atoms with van der Waals surface area (Å²) in [6.07, 6.45) is 0. The maximum absolute atomic E-state index is 13.4. The fourth-order valence-corrected chi connectivity index (χ4v) is 2.56. The number of hydrogen-bond donors (Lipinski definition) is 1. The summed E-state index contributed by atoms with van der Waals surface area (Å²) in [6, 6.07) is 10.5. The van der Waals surface area contributed by atoms with Gasteiger partial charge in [0.2, 0.25) is 0 Å². The first-order valence-electron chi connectivity index (χ1n) is 7.53. The number of carbonyl (C=O) groups is 1. The Balaban J connectivity index is 2.05. The fourth-order valence-electron chi connectivity index (χ4n) is 2.29. The highest BCUT2D eigenvalue weighted by Gasteiger charge is 2.20. The maximum Gasteiger partial charge on any atom is 0.318 e. The molecule has 128 valence electrons. The fraction of sp³-hybridized carbons (Fsp3) is 0.278. The van der Waals surface area contributed by atoms with Crippen molar-refractivity contribution in [1.82, 2.24) is 10.2 Å². The van der Waals surface area contributed by atoms with Crippen molar-refractivity contribution in [2.45, 2.75) is 25.9 Å². The Hall–Kier alpha value is -1.95. The number of halogens is 3. The SMILES string of the molecule is CC(NC(=O)N(C)C(C)c1ccc(F)c(F)c1)c1ccc(Br)cc1. The molecule has 0 saturated carbocycles. The van der Waals surface area contributed by atoms with Gasteiger partial charge in [0.05, 0.1) is 12.1 Å². The van der Waals surface area contributed by atoms with E-state index in [4.69, 9.17) is 0 Å². The van der Waals surface area contributed by atoms with Crippen LogP contribution in [0.15, 0.2) is 46.9 Å². The lowest BCUT2D eigenvalue weighted by atomic mass is 10.1. The second-order valence-corrected chi connectivity index (χ2v) is 6.60. The lowest BCUT2D eigenvalue weighted by molar-refractivity contribution is 0.191. The first-order valence-corrected chi connectivity index (χ1v) is 8.32. The molecule has 0 aliphatic carbocycles. The molecule has 0 heterocycles. The van der Waals surface area contributed by atoms with E-state index in [0.29, 0.717) is 5.56 Å². The summed E-state index contributed by atoms with van der Waals surface area (Å²) >= 11 is 3.37. The Bertz CT molecular complexity index is 721. The van der Waals surface area contributed by atoms with Crippen LogP contribution in [0.5, 0.6) is 0 Å². The largest absolute Gasteiger partial charge is 0.331 e. The summed E-state index contributed by atoms with van der Waals surface area (Å²) in [7, 11) is 1.62. The Morgan fingerprint density at radius 3 is 2.21 bits per heavy atom. The highest BCUT2D eigenvalue weighted by Crippen LogP contribution is 2.22. The number of nitrogens with one attached hydrogen (secondary N) is 1. The van der Waals surface area contributed by atoms with Gasteiger partial charge in [-0.1, -0.05) is 34.1 Å². The molecule has 2 aromatic carbocycles. The van der Waals surface area contributed by atoms with Crippen molar-refractivity contribution in [2.75, 3.05) is 7.05 Å². The van der Waals surface area contributed by atoms with E-state index in [-0.39, 0.29) is 12.1 Å². The molecule has 2 atom stereocenters. The van der Waals surface area contributed by atoms with Gasteiger partial charge in [0.1, 0.15) is 0 Å². The molecule has 0 bridgehead atoms. The van der Waals surface area contributed by atoms with Crippen molar-refractivity contribution in [3.05, 3.63) is 69.7 Å². The van der Waals surface area contributed by atoms with Crippen LogP contribution in [0.1, 0.15) is 37.1 Å². The lowest BCUT2D eigenvalue weighted by Crippen LogP contribution is -2.40. The highest BCUT2D eigenvalue weighted by atomic mass is 79.9. The van der Waals surface area contributed by atoms with Crippen LogP contribution >= 0.6 is 15.9 Å². The smallest absolute Gasteiger partial charge is 0.318 e. The van der Waals surface area contributed by atoms with Gasteiger partial charge in [-0.25, -0.2) is 13.6 Å². The summed E-state index contributed by atoms with van der Waals surface area (Å²) in [6.45, 7) is 3.65. The molecular formula is C18H19BrF2N2O. The third-order valence-corrected chi connectivity index (χ3v) is 4.57. The van der Waals surface area contributed by atoms with Gasteiger partial charge < -0.3 is 10.2 Å². The summed E-state index contributed by atoms with van der Waals surface area (Å²) in [5.41, 5.74) is 1.50. The summed E-state index contributed by atoms with van der Waals surface area (Å²) in [4.78, 5) is 13.9. The zero-order chi connectivity index (χ0) is 17.9. The van der Waals surface area contributed by atoms with E-state index < -0.39 is 17.7 Å². The molecule has 1 N–H and O–H groups in total. The van der Waals surface area contributed by atoms with Gasteiger partial charge >= 0.3 is 6.03 Å². The normalized spacial score (nSPS) is 13.2. The van der Waals surface area contributed by atoms with E-state index in [0.717, 1.165) is 22.2 Å². The van der Waals surface area contributed by atoms with Crippen molar-refractivity contribution in [3.63, 3.8) is 0 Å². The molecule has 0 spiro atoms. The zero-order valence-corrected chi connectivity index (χ0v) is 15.3. The van der Waals surface area contributed by atoms with E-state index in [1.165, 1.54) is 11.0 Å². The predicted octanol–water partition coefficient (Wildman–Crippen LogP) is 5.19. The molecule has 0 aromatic heterocycles. The Morgan fingerprint density at radius 2 is 1.62 bits per heavy atom. The third-order valence-electron chi connectivity index (χ3n) is 4.04. The van der Waals surface area contributed by atoms with Crippen LogP contribution in [0.2, 0.25) is 0 Å². The number of urea groups is 1. The minimum absolute atomic E-state index is 0.176. The molecule has 2 aromatic rings. The molecule has 24 heavy (non-hydrogen) atoms. The van der Waals surface area contributed by atoms with Crippen LogP contribution in [0, 0.1) is 11.6 Å². The Kier molecular flexibility index (Phi) is 5.94. The summed E-state index contributed by atoms with van der Waals surface area (Å²) in [5.74, 6) is -1.82. The number of rotatable bonds is 4. The molecular weight excluding hydrogens is 378 g/mol. The first kappa shape index (κ1) is 18.4. The number of benzene rings is 2. The summed E-state index contributed by atoms with van der Waals surface area (Å²) < 4.78 is 27.4. The average Bonchev–Trinajstić information content (AvgIpc) is 2.56. The topological polar surface area (TPSA) is 32.3 Å². The quantitative estimate of drug-likeness (QED) is 0.757. The molecule has 0 fully saturated rings. The molecule has 3 nitrogen and oxygen atoms in total. The van der Waals surface area contributed by atoms with Gasteiger partial charge in [0.15, 0.2) is 11.6 Å². The Labute approximate surface area is 148 Å². The summed E-state index contributed by atoms with van der Waals surface area (Å²) in [5, 5.41) is 2.90. The minimum atomic E-state index is -0.920. The number of nitrogens with zero attached hydrogens (tertiary/aromatic N) is 1. The minimum Gasteiger partial charge on any atom is -0.331 e. The predicted molar refractivity (Wildman–Crippen MR) is 93.6 cm³/mol. The van der Waals surface area contributed by atoms with E-state index in [2.05, 4.69) is 21.2 Å². The standard InChI is InChI=1S/C18H19BrF2N2O/c1-11(13-4-7-15(19)8-5-13)22-18(24)23(3)12(2)14-6-9-16(20)17(21)10-14/h4-12H,1-3H3,(H,22,24). The second kappa shape index (κ2) is 7.75. The first-order chi connectivity index (χ1) is 11.3. The molecule has 0 saturated heterocycles. The van der Waals surface area contributed by atoms with E-state index in [9.17, 15) is 13.6 Å². The molecule has 2 unspecified atom stereocenters. The van der Waals surface area contributed by atoms with Gasteiger partial charge in [0, 0.05) is 11.5 Å². The Morgan fingerprint density at radius 1 is 1.04 bits per heavy atom. The van der Waals surface area contributed by atoms with Crippen LogP contribution in [-0.2, 0) is 0 Å². The maximum atomic E-state index is 13.4. The molecule has 0 aliphatic rings. The van der Waals surface area contributed by atoms with Gasteiger partial charge in [-0.05, 0) is 49.2 Å². The zero-order valence-electron chi connectivity index (χ0n) is 13.7. The average molecular weight is 397 g/mol. The van der Waals surface area contributed by atoms with E-state index in [1.54, 1.807) is 14.0 Å². The van der Waals surface area contributed by atoms with Crippen LogP contribution < -0.4 is 5.32 Å². The van der Waals surface area contributed by atoms with Crippen LogP contribution in [0.25, 0.3) is 0 Å². The van der Waals surface area contributed by atoms with Crippen molar-refractivity contribution in [1.29, 1.82) is 0 Å². The van der Waals surface area contributed by atoms with E-state index in [1.807, 2.05) is 31.2 Å². The molecule has 6 heteroatoms. The van der Waals surface area contributed by atoms with Crippen molar-refractivity contribution >= 4 is 22.0 Å². The lowest BCUT2D eigenvalue weighted by Gasteiger charge is -2.27. The second-order valence-electron chi connectivity index (χ2n) is 5.68. The third kappa shape index (κ3) is 4.32. The van der Waals surface area contributed by atoms with Crippen molar-refractivity contribution in [2.24, 2.45) is 0 Å². The van der Waals surface area contributed by atoms with Crippen molar-refractivity contribution < 1.29 is 13.6 Å². The molecule has 2 rings (SSSR count). The van der Waals surface area contributed by atoms with Gasteiger partial charge in [-0.3, -0.25) is 0 Å². The highest BCUT2D eigenvalue weighted by molar-refractivity contribution is 9.10. The number of amides is 2. The molecule has 0 radical (unpaired) electrons.